The van der Waals surface area contributed by atoms with Crippen LogP contribution in [0.1, 0.15) is 0 Å². The number of rotatable bonds is 5. The molecule has 0 aliphatic heterocycles. The molecule has 0 aliphatic carbocycles. The zero-order valence-corrected chi connectivity index (χ0v) is 12.4. The molecule has 0 aliphatic rings. The summed E-state index contributed by atoms with van der Waals surface area (Å²) < 4.78 is 52.9. The topological polar surface area (TPSA) is 122 Å². The Morgan fingerprint density at radius 2 is 1.48 bits per heavy atom. The Balaban J connectivity index is 2.21. The number of hydrogen-bond acceptors (Lipinski definition) is 6. The Morgan fingerprint density at radius 3 is 2.00 bits per heavy atom. The van der Waals surface area contributed by atoms with Gasteiger partial charge in [0.1, 0.15) is 0 Å². The highest BCUT2D eigenvalue weighted by atomic mass is 32.2. The van der Waals surface area contributed by atoms with Crippen molar-refractivity contribution in [2.75, 3.05) is 6.26 Å². The Bertz CT molecular complexity index is 818. The number of benzene rings is 1. The molecule has 0 atom stereocenters. The summed E-state index contributed by atoms with van der Waals surface area (Å²) in [5.41, 5.74) is 0.132. The molecule has 0 unspecified atom stereocenters. The van der Waals surface area contributed by atoms with Gasteiger partial charge in [0.05, 0.1) is 14.9 Å². The zero-order valence-electron chi connectivity index (χ0n) is 10.8. The van der Waals surface area contributed by atoms with E-state index >= 15 is 0 Å². The predicted molar refractivity (Wildman–Crippen MR) is 76.5 cm³/mol. The quantitative estimate of drug-likeness (QED) is 0.826. The molecule has 0 N–H and O–H groups in total. The highest BCUT2D eigenvalue weighted by Crippen LogP contribution is 2.27. The summed E-state index contributed by atoms with van der Waals surface area (Å²) in [6.07, 6.45) is 3.69. The second kappa shape index (κ2) is 5.66. The van der Waals surface area contributed by atoms with Gasteiger partial charge in [-0.15, -0.1) is 5.69 Å². The van der Waals surface area contributed by atoms with Gasteiger partial charge in [0.25, 0.3) is 0 Å². The van der Waals surface area contributed by atoms with Crippen molar-refractivity contribution in [3.8, 4) is 0 Å². The maximum absolute atomic E-state index is 12.0. The fourth-order valence-electron chi connectivity index (χ4n) is 1.37. The van der Waals surface area contributed by atoms with Crippen LogP contribution in [0.5, 0.6) is 0 Å². The lowest BCUT2D eigenvalue weighted by Gasteiger charge is -2.19. The van der Waals surface area contributed by atoms with E-state index in [2.05, 4.69) is 19.4 Å². The van der Waals surface area contributed by atoms with Gasteiger partial charge in [-0.3, -0.25) is 4.72 Å². The number of aromatic nitrogens is 2. The summed E-state index contributed by atoms with van der Waals surface area (Å²) in [6.45, 7) is 0. The highest BCUT2D eigenvalue weighted by Gasteiger charge is 2.10. The van der Waals surface area contributed by atoms with Gasteiger partial charge in [0.2, 0.25) is 10.0 Å². The van der Waals surface area contributed by atoms with Crippen LogP contribution >= 0.6 is 0 Å². The third kappa shape index (κ3) is 4.39. The van der Waals surface area contributed by atoms with E-state index in [9.17, 15) is 16.8 Å². The monoisotopic (exact) mass is 326 g/mol. The van der Waals surface area contributed by atoms with Crippen LogP contribution in [-0.4, -0.2) is 33.1 Å². The molecular weight excluding hydrogens is 316 g/mol. The first-order chi connectivity index (χ1) is 9.76. The lowest BCUT2D eigenvalue weighted by atomic mass is 10.3. The van der Waals surface area contributed by atoms with Crippen molar-refractivity contribution in [2.45, 2.75) is 4.90 Å². The summed E-state index contributed by atoms with van der Waals surface area (Å²) in [7, 11) is -7.51. The Hall–Kier alpha value is -2.20. The van der Waals surface area contributed by atoms with Crippen molar-refractivity contribution in [2.24, 2.45) is 0 Å². The van der Waals surface area contributed by atoms with Crippen LogP contribution in [0.4, 0.5) is 11.6 Å². The van der Waals surface area contributed by atoms with Gasteiger partial charge in [0.15, 0.2) is 0 Å². The minimum Gasteiger partial charge on any atom is -0.577 e. The molecular formula is C11H10N4O4S2-2. The first kappa shape index (κ1) is 15.2. The van der Waals surface area contributed by atoms with Crippen molar-refractivity contribution in [1.29, 1.82) is 0 Å². The predicted octanol–water partition coefficient (Wildman–Crippen LogP) is 1.84. The van der Waals surface area contributed by atoms with Gasteiger partial charge in [0, 0.05) is 12.2 Å². The molecule has 0 fully saturated rings. The van der Waals surface area contributed by atoms with Crippen LogP contribution in [-0.2, 0) is 20.0 Å². The first-order valence-corrected chi connectivity index (χ1v) is 8.83. The third-order valence-corrected chi connectivity index (χ3v) is 3.97. The largest absolute Gasteiger partial charge is 0.577 e. The van der Waals surface area contributed by atoms with Crippen molar-refractivity contribution in [1.82, 2.24) is 9.97 Å². The van der Waals surface area contributed by atoms with E-state index in [1.54, 1.807) is 0 Å². The van der Waals surface area contributed by atoms with Crippen molar-refractivity contribution < 1.29 is 16.8 Å². The van der Waals surface area contributed by atoms with Gasteiger partial charge < -0.3 is 14.7 Å². The van der Waals surface area contributed by atoms with Crippen LogP contribution < -0.4 is 0 Å². The molecule has 0 saturated carbocycles. The van der Waals surface area contributed by atoms with Gasteiger partial charge in [-0.25, -0.2) is 16.8 Å². The SMILES string of the molecule is CS(=O)(=O)[N-]c1ccc(S(=O)(=O)[N-]c2ncccn2)cc1. The molecule has 21 heavy (non-hydrogen) atoms. The van der Waals surface area contributed by atoms with E-state index in [1.165, 1.54) is 42.7 Å². The maximum atomic E-state index is 12.0. The highest BCUT2D eigenvalue weighted by molar-refractivity contribution is 7.94. The molecule has 2 rings (SSSR count). The Morgan fingerprint density at radius 1 is 0.905 bits per heavy atom. The molecule has 0 amide bonds. The van der Waals surface area contributed by atoms with Gasteiger partial charge >= 0.3 is 0 Å². The first-order valence-electron chi connectivity index (χ1n) is 5.54. The Labute approximate surface area is 122 Å². The number of sulfonamides is 2. The molecule has 1 aromatic heterocycles. The summed E-state index contributed by atoms with van der Waals surface area (Å²) in [5, 5.41) is 0. The summed E-state index contributed by atoms with van der Waals surface area (Å²) in [4.78, 5) is 7.29. The summed E-state index contributed by atoms with van der Waals surface area (Å²) >= 11 is 0. The molecule has 112 valence electrons. The average Bonchev–Trinajstić information content (AvgIpc) is 2.38. The second-order valence-electron chi connectivity index (χ2n) is 3.93. The fourth-order valence-corrected chi connectivity index (χ4v) is 2.77. The maximum Gasteiger partial charge on any atom is 0.229 e. The zero-order chi connectivity index (χ0) is 15.5. The van der Waals surface area contributed by atoms with Crippen molar-refractivity contribution in [3.05, 3.63) is 52.2 Å². The van der Waals surface area contributed by atoms with Crippen LogP contribution in [0.2, 0.25) is 0 Å². The number of nitrogens with zero attached hydrogens (tertiary/aromatic N) is 4. The minimum absolute atomic E-state index is 0.109. The molecule has 0 radical (unpaired) electrons. The van der Waals surface area contributed by atoms with E-state index in [0.29, 0.717) is 0 Å². The van der Waals surface area contributed by atoms with E-state index in [4.69, 9.17) is 0 Å². The van der Waals surface area contributed by atoms with Gasteiger partial charge in [-0.2, -0.15) is 0 Å². The van der Waals surface area contributed by atoms with E-state index in [0.717, 1.165) is 6.26 Å². The molecule has 1 aromatic carbocycles. The molecule has 2 aromatic rings. The fraction of sp³-hybridized carbons (Fsp3) is 0.0909. The molecule has 8 nitrogen and oxygen atoms in total. The van der Waals surface area contributed by atoms with Crippen LogP contribution in [0.15, 0.2) is 47.6 Å². The molecule has 0 saturated heterocycles. The molecule has 10 heteroatoms. The Kier molecular flexibility index (Phi) is 4.09. The van der Waals surface area contributed by atoms with Gasteiger partial charge in [-0.1, -0.05) is 18.2 Å². The van der Waals surface area contributed by atoms with Crippen molar-refractivity contribution in [3.63, 3.8) is 0 Å². The van der Waals surface area contributed by atoms with Crippen LogP contribution in [0, 0.1) is 0 Å². The smallest absolute Gasteiger partial charge is 0.229 e. The lowest BCUT2D eigenvalue weighted by molar-refractivity contribution is 0.602. The van der Waals surface area contributed by atoms with E-state index < -0.39 is 20.0 Å². The lowest BCUT2D eigenvalue weighted by Crippen LogP contribution is -1.99. The summed E-state index contributed by atoms with van der Waals surface area (Å²) in [6, 6.07) is 6.51. The standard InChI is InChI=1S/C11H10N4O4S2/c1-20(16,17)14-9-3-5-10(6-4-9)21(18,19)15-11-12-7-2-8-13-11/h2-8H,1H3/q-2. The van der Waals surface area contributed by atoms with Gasteiger partial charge in [-0.05, 0) is 24.5 Å². The number of hydrogen-bond donors (Lipinski definition) is 0. The molecule has 0 bridgehead atoms. The summed E-state index contributed by atoms with van der Waals surface area (Å²) in [5.74, 6) is -0.178. The molecule has 0 spiro atoms. The molecule has 1 heterocycles. The van der Waals surface area contributed by atoms with Crippen LogP contribution in [0.25, 0.3) is 9.44 Å². The van der Waals surface area contributed by atoms with Crippen molar-refractivity contribution >= 4 is 31.7 Å². The average molecular weight is 326 g/mol. The van der Waals surface area contributed by atoms with Crippen LogP contribution in [0.3, 0.4) is 0 Å². The van der Waals surface area contributed by atoms with E-state index in [-0.39, 0.29) is 16.5 Å². The second-order valence-corrected chi connectivity index (χ2v) is 7.19. The normalized spacial score (nSPS) is 11.9. The van der Waals surface area contributed by atoms with E-state index in [1.807, 2.05) is 0 Å². The minimum atomic E-state index is -3.96. The third-order valence-electron chi connectivity index (χ3n) is 2.16.